The monoisotopic (exact) mass is 358 g/mol. The first kappa shape index (κ1) is 16.8. The normalized spacial score (nSPS) is 11.4. The largest absolute Gasteiger partial charge is 0.389 e. The molecule has 0 saturated heterocycles. The third-order valence-corrected chi connectivity index (χ3v) is 4.59. The molecule has 0 fully saturated rings. The van der Waals surface area contributed by atoms with E-state index in [2.05, 4.69) is 10.3 Å². The second kappa shape index (κ2) is 6.46. The summed E-state index contributed by atoms with van der Waals surface area (Å²) in [5.41, 5.74) is 0.795. The van der Waals surface area contributed by atoms with Gasteiger partial charge < -0.3 is 15.4 Å². The van der Waals surface area contributed by atoms with Crippen molar-refractivity contribution in [2.24, 2.45) is 5.14 Å². The van der Waals surface area contributed by atoms with E-state index >= 15 is 0 Å². The number of hydrogen-bond acceptors (Lipinski definition) is 6. The Balaban J connectivity index is 2.23. The van der Waals surface area contributed by atoms with Crippen molar-refractivity contribution in [1.82, 2.24) is 4.98 Å². The number of aromatic nitrogens is 1. The number of primary sulfonamides is 1. The predicted molar refractivity (Wildman–Crippen MR) is 93.5 cm³/mol. The summed E-state index contributed by atoms with van der Waals surface area (Å²) < 4.78 is 24.3. The molecule has 3 aromatic rings. The minimum Gasteiger partial charge on any atom is -0.373 e. The molecule has 9 heteroatoms. The maximum atomic E-state index is 12.1. The highest BCUT2D eigenvalue weighted by Gasteiger charge is 2.29. The number of sulfonamides is 1. The second-order valence-corrected chi connectivity index (χ2v) is 6.80. The van der Waals surface area contributed by atoms with Gasteiger partial charge in [-0.15, -0.1) is 0 Å². The molecule has 2 aromatic carbocycles. The quantitative estimate of drug-likeness (QED) is 0.532. The van der Waals surface area contributed by atoms with Crippen molar-refractivity contribution in [3.8, 4) is 0 Å². The Hall–Kier alpha value is -3.04. The van der Waals surface area contributed by atoms with Crippen molar-refractivity contribution in [2.75, 3.05) is 5.32 Å². The molecule has 0 unspecified atom stereocenters. The van der Waals surface area contributed by atoms with Gasteiger partial charge in [-0.1, -0.05) is 42.5 Å². The smallest absolute Gasteiger partial charge is 0.373 e. The summed E-state index contributed by atoms with van der Waals surface area (Å²) in [6.07, 6.45) is 0. The second-order valence-electron chi connectivity index (χ2n) is 5.30. The van der Waals surface area contributed by atoms with Crippen LogP contribution in [-0.4, -0.2) is 18.3 Å². The molecule has 8 nitrogen and oxygen atoms in total. The van der Waals surface area contributed by atoms with Crippen molar-refractivity contribution in [1.29, 1.82) is 0 Å². The molecule has 1 aromatic heterocycles. The molecule has 3 rings (SSSR count). The molecular weight excluding hydrogens is 344 g/mol. The molecule has 0 spiro atoms. The van der Waals surface area contributed by atoms with Gasteiger partial charge in [0.05, 0.1) is 0 Å². The number of pyridine rings is 1. The van der Waals surface area contributed by atoms with Gasteiger partial charge in [-0.3, -0.25) is 0 Å². The minimum atomic E-state index is -4.23. The van der Waals surface area contributed by atoms with Crippen LogP contribution in [0.2, 0.25) is 0 Å². The number of benzene rings is 2. The third kappa shape index (κ3) is 3.42. The number of para-hydroxylation sites is 1. The summed E-state index contributed by atoms with van der Waals surface area (Å²) in [4.78, 5) is 14.3. The summed E-state index contributed by atoms with van der Waals surface area (Å²) in [5, 5.41) is 19.8. The average molecular weight is 358 g/mol. The van der Waals surface area contributed by atoms with Crippen LogP contribution in [-0.2, 0) is 16.6 Å². The Morgan fingerprint density at radius 1 is 1.08 bits per heavy atom. The molecule has 25 heavy (non-hydrogen) atoms. The minimum absolute atomic E-state index is 0.184. The molecule has 0 saturated carbocycles. The molecule has 0 aliphatic heterocycles. The number of fused-ring (bicyclic) bond motifs is 1. The zero-order valence-corrected chi connectivity index (χ0v) is 13.7. The third-order valence-electron chi connectivity index (χ3n) is 3.60. The van der Waals surface area contributed by atoms with Crippen molar-refractivity contribution in [2.45, 2.75) is 11.4 Å². The lowest BCUT2D eigenvalue weighted by Gasteiger charge is -2.12. The van der Waals surface area contributed by atoms with Crippen LogP contribution in [0.5, 0.6) is 0 Å². The van der Waals surface area contributed by atoms with Gasteiger partial charge in [-0.05, 0) is 27.6 Å². The van der Waals surface area contributed by atoms with E-state index in [1.165, 1.54) is 12.1 Å². The molecule has 0 aliphatic rings. The summed E-state index contributed by atoms with van der Waals surface area (Å²) in [6, 6.07) is 15.3. The Bertz CT molecular complexity index is 1050. The number of nitrogens with two attached hydrogens (primary N) is 1. The number of nitrogens with one attached hydrogen (secondary N) is 1. The van der Waals surface area contributed by atoms with Crippen molar-refractivity contribution >= 4 is 32.4 Å². The van der Waals surface area contributed by atoms with Crippen LogP contribution >= 0.6 is 0 Å². The fourth-order valence-corrected chi connectivity index (χ4v) is 3.47. The van der Waals surface area contributed by atoms with E-state index in [0.717, 1.165) is 5.56 Å². The predicted octanol–water partition coefficient (Wildman–Crippen LogP) is 2.40. The number of anilines is 1. The standard InChI is InChI=1S/C16H14N4O4S/c17-25(23,24)15-12-8-4-5-9-13(12)19-16(20(21)22)14(15)18-10-11-6-2-1-3-7-11/h1-9,18H,10H2,(H2,17,23,24). The first-order valence-electron chi connectivity index (χ1n) is 7.25. The molecule has 0 bridgehead atoms. The SMILES string of the molecule is NS(=O)(=O)c1c(NCc2ccccc2)c([N+](=O)[O-])nc2ccccc12. The Labute approximate surface area is 143 Å². The number of nitrogens with zero attached hydrogens (tertiary/aromatic N) is 2. The van der Waals surface area contributed by atoms with E-state index in [9.17, 15) is 18.5 Å². The lowest BCUT2D eigenvalue weighted by Crippen LogP contribution is -2.17. The number of nitro groups is 1. The fraction of sp³-hybridized carbons (Fsp3) is 0.0625. The summed E-state index contributed by atoms with van der Waals surface area (Å²) in [6.45, 7) is 0.185. The van der Waals surface area contributed by atoms with Gasteiger partial charge in [-0.2, -0.15) is 0 Å². The zero-order chi connectivity index (χ0) is 18.0. The molecule has 0 amide bonds. The highest BCUT2D eigenvalue weighted by atomic mass is 32.2. The molecule has 0 aliphatic carbocycles. The summed E-state index contributed by atoms with van der Waals surface area (Å²) >= 11 is 0. The van der Waals surface area contributed by atoms with E-state index in [1.807, 2.05) is 30.3 Å². The number of rotatable bonds is 5. The van der Waals surface area contributed by atoms with Crippen molar-refractivity contribution < 1.29 is 13.3 Å². The highest BCUT2D eigenvalue weighted by molar-refractivity contribution is 7.89. The van der Waals surface area contributed by atoms with E-state index in [0.29, 0.717) is 0 Å². The van der Waals surface area contributed by atoms with Crippen LogP contribution < -0.4 is 10.5 Å². The van der Waals surface area contributed by atoms with Crippen LogP contribution in [0.15, 0.2) is 59.5 Å². The van der Waals surface area contributed by atoms with Gasteiger partial charge in [0.2, 0.25) is 10.0 Å². The van der Waals surface area contributed by atoms with Gasteiger partial charge in [0.15, 0.2) is 11.2 Å². The van der Waals surface area contributed by atoms with Crippen LogP contribution in [0.4, 0.5) is 11.5 Å². The molecule has 0 radical (unpaired) electrons. The Kier molecular flexibility index (Phi) is 4.34. The first-order chi connectivity index (χ1) is 11.9. The summed E-state index contributed by atoms with van der Waals surface area (Å²) in [7, 11) is -4.23. The van der Waals surface area contributed by atoms with Crippen LogP contribution in [0.1, 0.15) is 5.56 Å². The summed E-state index contributed by atoms with van der Waals surface area (Å²) in [5.74, 6) is -0.585. The Morgan fingerprint density at radius 3 is 2.36 bits per heavy atom. The molecule has 3 N–H and O–H groups in total. The van der Waals surface area contributed by atoms with Gasteiger partial charge >= 0.3 is 5.82 Å². The first-order valence-corrected chi connectivity index (χ1v) is 8.80. The van der Waals surface area contributed by atoms with Gasteiger partial charge in [0.1, 0.15) is 4.90 Å². The average Bonchev–Trinajstić information content (AvgIpc) is 2.58. The maximum Gasteiger partial charge on any atom is 0.389 e. The van der Waals surface area contributed by atoms with Crippen molar-refractivity contribution in [3.05, 3.63) is 70.3 Å². The van der Waals surface area contributed by atoms with Crippen LogP contribution in [0.3, 0.4) is 0 Å². The van der Waals surface area contributed by atoms with Crippen LogP contribution in [0, 0.1) is 10.1 Å². The molecule has 1 heterocycles. The van der Waals surface area contributed by atoms with Crippen LogP contribution in [0.25, 0.3) is 10.9 Å². The van der Waals surface area contributed by atoms with Crippen molar-refractivity contribution in [3.63, 3.8) is 0 Å². The maximum absolute atomic E-state index is 12.1. The molecule has 0 atom stereocenters. The Morgan fingerprint density at radius 2 is 1.72 bits per heavy atom. The highest BCUT2D eigenvalue weighted by Crippen LogP contribution is 2.35. The molecule has 128 valence electrons. The van der Waals surface area contributed by atoms with Gasteiger partial charge in [0.25, 0.3) is 0 Å². The lowest BCUT2D eigenvalue weighted by molar-refractivity contribution is -0.388. The lowest BCUT2D eigenvalue weighted by atomic mass is 10.2. The van der Waals surface area contributed by atoms with E-state index in [1.54, 1.807) is 12.1 Å². The van der Waals surface area contributed by atoms with Gasteiger partial charge in [-0.25, -0.2) is 13.6 Å². The fourth-order valence-electron chi connectivity index (χ4n) is 2.54. The van der Waals surface area contributed by atoms with Gasteiger partial charge in [0, 0.05) is 11.9 Å². The number of hydrogen-bond donors (Lipinski definition) is 2. The van der Waals surface area contributed by atoms with E-state index < -0.39 is 20.8 Å². The van der Waals surface area contributed by atoms with E-state index in [4.69, 9.17) is 5.14 Å². The zero-order valence-electron chi connectivity index (χ0n) is 12.9. The van der Waals surface area contributed by atoms with E-state index in [-0.39, 0.29) is 28.0 Å². The molecular formula is C16H14N4O4S. The topological polar surface area (TPSA) is 128 Å².